The fourth-order valence-corrected chi connectivity index (χ4v) is 2.25. The minimum atomic E-state index is -0.758. The Bertz CT molecular complexity index is 698. The molecule has 1 aromatic carbocycles. The minimum absolute atomic E-state index is 0.0843. The Hall–Kier alpha value is -2.64. The second-order valence-electron chi connectivity index (χ2n) is 4.89. The summed E-state index contributed by atoms with van der Waals surface area (Å²) in [6.45, 7) is 3.99. The van der Waals surface area contributed by atoms with E-state index in [1.807, 2.05) is 0 Å². The number of hydrogen-bond acceptors (Lipinski definition) is 7. The molecule has 8 heteroatoms. The van der Waals surface area contributed by atoms with Gasteiger partial charge in [0.2, 0.25) is 0 Å². The molecule has 8 nitrogen and oxygen atoms in total. The Morgan fingerprint density at radius 3 is 2.70 bits per heavy atom. The van der Waals surface area contributed by atoms with Gasteiger partial charge in [0.15, 0.2) is 6.04 Å². The zero-order valence-corrected chi connectivity index (χ0v) is 13.2. The van der Waals surface area contributed by atoms with E-state index in [1.165, 1.54) is 4.68 Å². The van der Waals surface area contributed by atoms with Gasteiger partial charge >= 0.3 is 11.9 Å². The molecule has 0 fully saturated rings. The van der Waals surface area contributed by atoms with Crippen LogP contribution in [0.2, 0.25) is 0 Å². The number of nitrogens with zero attached hydrogens (tertiary/aromatic N) is 3. The second-order valence-corrected chi connectivity index (χ2v) is 4.89. The van der Waals surface area contributed by atoms with Gasteiger partial charge in [0.25, 0.3) is 0 Å². The van der Waals surface area contributed by atoms with E-state index in [4.69, 9.17) is 15.2 Å². The van der Waals surface area contributed by atoms with Crippen molar-refractivity contribution in [2.75, 3.05) is 18.9 Å². The minimum Gasteiger partial charge on any atom is -0.466 e. The van der Waals surface area contributed by atoms with Gasteiger partial charge in [-0.1, -0.05) is 5.21 Å². The molecule has 2 rings (SSSR count). The first-order valence-electron chi connectivity index (χ1n) is 7.49. The fraction of sp³-hybridized carbons (Fsp3) is 0.467. The summed E-state index contributed by atoms with van der Waals surface area (Å²) in [5.41, 5.74) is 7.56. The molecule has 1 heterocycles. The number of fused-ring (bicyclic) bond motifs is 1. The van der Waals surface area contributed by atoms with E-state index in [-0.39, 0.29) is 25.4 Å². The van der Waals surface area contributed by atoms with Crippen LogP contribution in [0.4, 0.5) is 5.69 Å². The van der Waals surface area contributed by atoms with Gasteiger partial charge in [-0.2, -0.15) is 0 Å². The highest BCUT2D eigenvalue weighted by atomic mass is 16.5. The molecule has 0 radical (unpaired) electrons. The Morgan fingerprint density at radius 1 is 1.26 bits per heavy atom. The van der Waals surface area contributed by atoms with E-state index < -0.39 is 12.0 Å². The number of rotatable bonds is 7. The summed E-state index contributed by atoms with van der Waals surface area (Å²) in [7, 11) is 0. The molecule has 0 spiro atoms. The van der Waals surface area contributed by atoms with Crippen molar-refractivity contribution >= 4 is 28.7 Å². The first kappa shape index (κ1) is 16.7. The molecular weight excluding hydrogens is 300 g/mol. The van der Waals surface area contributed by atoms with Gasteiger partial charge in [-0.05, 0) is 38.5 Å². The largest absolute Gasteiger partial charge is 0.466 e. The van der Waals surface area contributed by atoms with E-state index in [1.54, 1.807) is 32.0 Å². The number of aromatic nitrogens is 3. The predicted molar refractivity (Wildman–Crippen MR) is 83.5 cm³/mol. The molecule has 0 saturated carbocycles. The normalized spacial score (nSPS) is 12.1. The number of ether oxygens (including phenoxy) is 2. The zero-order chi connectivity index (χ0) is 16.8. The highest BCUT2D eigenvalue weighted by Crippen LogP contribution is 2.23. The van der Waals surface area contributed by atoms with E-state index >= 15 is 0 Å². The van der Waals surface area contributed by atoms with Crippen LogP contribution in [0.15, 0.2) is 18.2 Å². The maximum absolute atomic E-state index is 12.2. The highest BCUT2D eigenvalue weighted by Gasteiger charge is 2.26. The third-order valence-electron chi connectivity index (χ3n) is 3.28. The lowest BCUT2D eigenvalue weighted by molar-refractivity contribution is -0.148. The maximum Gasteiger partial charge on any atom is 0.331 e. The zero-order valence-electron chi connectivity index (χ0n) is 13.2. The molecule has 0 amide bonds. The molecule has 2 N–H and O–H groups in total. The average molecular weight is 320 g/mol. The molecule has 1 aromatic heterocycles. The first-order valence-corrected chi connectivity index (χ1v) is 7.49. The maximum atomic E-state index is 12.2. The van der Waals surface area contributed by atoms with Crippen LogP contribution < -0.4 is 5.73 Å². The number of benzene rings is 1. The van der Waals surface area contributed by atoms with Crippen LogP contribution in [0.3, 0.4) is 0 Å². The van der Waals surface area contributed by atoms with Gasteiger partial charge in [0, 0.05) is 12.1 Å². The molecule has 1 atom stereocenters. The second kappa shape index (κ2) is 7.57. The van der Waals surface area contributed by atoms with Crippen LogP contribution in [-0.2, 0) is 19.1 Å². The molecule has 0 aliphatic rings. The van der Waals surface area contributed by atoms with Crippen LogP contribution in [0.1, 0.15) is 32.7 Å². The van der Waals surface area contributed by atoms with Gasteiger partial charge in [-0.3, -0.25) is 4.79 Å². The van der Waals surface area contributed by atoms with Gasteiger partial charge in [-0.25, -0.2) is 9.48 Å². The van der Waals surface area contributed by atoms with Crippen molar-refractivity contribution in [3.05, 3.63) is 18.2 Å². The van der Waals surface area contributed by atoms with Crippen LogP contribution in [0.25, 0.3) is 11.0 Å². The van der Waals surface area contributed by atoms with Crippen molar-refractivity contribution in [1.29, 1.82) is 0 Å². The van der Waals surface area contributed by atoms with E-state index in [0.29, 0.717) is 23.3 Å². The molecule has 124 valence electrons. The van der Waals surface area contributed by atoms with Crippen molar-refractivity contribution in [3.8, 4) is 0 Å². The average Bonchev–Trinajstić information content (AvgIpc) is 2.91. The van der Waals surface area contributed by atoms with E-state index in [2.05, 4.69) is 10.3 Å². The summed E-state index contributed by atoms with van der Waals surface area (Å²) in [5, 5.41) is 8.04. The van der Waals surface area contributed by atoms with Gasteiger partial charge in [0.05, 0.1) is 18.7 Å². The number of carbonyl (C=O) groups excluding carboxylic acids is 2. The number of nitrogens with two attached hydrogens (primary N) is 1. The van der Waals surface area contributed by atoms with Crippen molar-refractivity contribution in [2.45, 2.75) is 32.7 Å². The topological polar surface area (TPSA) is 109 Å². The van der Waals surface area contributed by atoms with Crippen molar-refractivity contribution in [2.24, 2.45) is 0 Å². The van der Waals surface area contributed by atoms with Crippen LogP contribution in [0, 0.1) is 0 Å². The summed E-state index contributed by atoms with van der Waals surface area (Å²) >= 11 is 0. The molecule has 2 aromatic rings. The number of anilines is 1. The van der Waals surface area contributed by atoms with Gasteiger partial charge in [-0.15, -0.1) is 5.10 Å². The fourth-order valence-electron chi connectivity index (χ4n) is 2.25. The Labute approximate surface area is 133 Å². The molecule has 0 bridgehead atoms. The van der Waals surface area contributed by atoms with Crippen LogP contribution >= 0.6 is 0 Å². The van der Waals surface area contributed by atoms with Crippen LogP contribution in [0.5, 0.6) is 0 Å². The number of carbonyl (C=O) groups is 2. The Balaban J connectivity index is 2.29. The van der Waals surface area contributed by atoms with E-state index in [9.17, 15) is 9.59 Å². The first-order chi connectivity index (χ1) is 11.1. The third-order valence-corrected chi connectivity index (χ3v) is 3.28. The summed E-state index contributed by atoms with van der Waals surface area (Å²) in [6, 6.07) is 4.36. The van der Waals surface area contributed by atoms with Gasteiger partial charge < -0.3 is 15.2 Å². The predicted octanol–water partition coefficient (Wildman–Crippen LogP) is 1.46. The smallest absolute Gasteiger partial charge is 0.331 e. The molecule has 0 aliphatic heterocycles. The molecular formula is C15H20N4O4. The summed E-state index contributed by atoms with van der Waals surface area (Å²) in [5.74, 6) is -0.836. The van der Waals surface area contributed by atoms with Crippen LogP contribution in [-0.4, -0.2) is 40.1 Å². The number of hydrogen-bond donors (Lipinski definition) is 1. The van der Waals surface area contributed by atoms with Crippen molar-refractivity contribution in [3.63, 3.8) is 0 Å². The Kier molecular flexibility index (Phi) is 5.51. The molecule has 0 saturated heterocycles. The van der Waals surface area contributed by atoms with E-state index in [0.717, 1.165) is 0 Å². The highest BCUT2D eigenvalue weighted by molar-refractivity contribution is 5.82. The standard InChI is InChI=1S/C15H20N4O4/c1-3-22-14(20)8-7-12(15(21)23-4-2)19-13-9-10(16)5-6-11(13)17-18-19/h5-6,9,12H,3-4,7-8,16H2,1-2H3. The monoisotopic (exact) mass is 320 g/mol. The SMILES string of the molecule is CCOC(=O)CCC(C(=O)OCC)n1nnc2ccc(N)cc21. The van der Waals surface area contributed by atoms with Crippen molar-refractivity contribution in [1.82, 2.24) is 15.0 Å². The summed E-state index contributed by atoms with van der Waals surface area (Å²) in [6.07, 6.45) is 0.298. The molecule has 1 unspecified atom stereocenters. The Morgan fingerprint density at radius 2 is 2.00 bits per heavy atom. The number of nitrogen functional groups attached to an aromatic ring is 1. The lowest BCUT2D eigenvalue weighted by atomic mass is 10.1. The lowest BCUT2D eigenvalue weighted by Crippen LogP contribution is -2.24. The summed E-state index contributed by atoms with van der Waals surface area (Å²) < 4.78 is 11.4. The van der Waals surface area contributed by atoms with Gasteiger partial charge in [0.1, 0.15) is 5.52 Å². The quantitative estimate of drug-likeness (QED) is 0.607. The summed E-state index contributed by atoms with van der Waals surface area (Å²) in [4.78, 5) is 23.8. The number of esters is 2. The molecule has 0 aliphatic carbocycles. The molecule has 23 heavy (non-hydrogen) atoms. The third kappa shape index (κ3) is 3.97. The van der Waals surface area contributed by atoms with Crippen molar-refractivity contribution < 1.29 is 19.1 Å². The lowest BCUT2D eigenvalue weighted by Gasteiger charge is -2.16.